The van der Waals surface area contributed by atoms with Gasteiger partial charge in [-0.1, -0.05) is 0 Å². The summed E-state index contributed by atoms with van der Waals surface area (Å²) in [7, 11) is 0. The zero-order chi connectivity index (χ0) is 11.5. The van der Waals surface area contributed by atoms with E-state index < -0.39 is 0 Å². The van der Waals surface area contributed by atoms with Crippen molar-refractivity contribution in [3.05, 3.63) is 0 Å². The maximum atomic E-state index is 12.2. The number of likely N-dealkylation sites (tertiary alicyclic amines) is 1. The first-order valence-electron chi connectivity index (χ1n) is 6.22. The van der Waals surface area contributed by atoms with Crippen molar-refractivity contribution in [1.82, 2.24) is 10.2 Å². The molecular weight excluding hydrogens is 204 g/mol. The molecule has 0 bridgehead atoms. The smallest absolute Gasteiger partial charge is 0.227 e. The fourth-order valence-electron chi connectivity index (χ4n) is 2.75. The number of amides is 1. The van der Waals surface area contributed by atoms with Crippen LogP contribution in [0, 0.1) is 5.92 Å². The van der Waals surface area contributed by atoms with Gasteiger partial charge in [-0.3, -0.25) is 9.59 Å². The molecule has 2 heterocycles. The average Bonchev–Trinajstić information content (AvgIpc) is 2.78. The highest BCUT2D eigenvalue weighted by Gasteiger charge is 2.35. The van der Waals surface area contributed by atoms with E-state index in [1.807, 2.05) is 0 Å². The van der Waals surface area contributed by atoms with Gasteiger partial charge >= 0.3 is 0 Å². The lowest BCUT2D eigenvalue weighted by molar-refractivity contribution is -0.140. The van der Waals surface area contributed by atoms with Gasteiger partial charge in [-0.25, -0.2) is 0 Å². The Bertz CT molecular complexity index is 285. The van der Waals surface area contributed by atoms with E-state index in [-0.39, 0.29) is 23.7 Å². The van der Waals surface area contributed by atoms with Crippen LogP contribution in [0.15, 0.2) is 0 Å². The zero-order valence-electron chi connectivity index (χ0n) is 9.87. The second-order valence-electron chi connectivity index (χ2n) is 4.84. The summed E-state index contributed by atoms with van der Waals surface area (Å²) in [5, 5.41) is 3.25. The van der Waals surface area contributed by atoms with E-state index in [0.29, 0.717) is 0 Å². The normalized spacial score (nSPS) is 30.4. The van der Waals surface area contributed by atoms with Crippen LogP contribution in [0.25, 0.3) is 0 Å². The van der Waals surface area contributed by atoms with Gasteiger partial charge in [-0.05, 0) is 39.2 Å². The SMILES string of the molecule is CC(=O)[C@H]1CCCN1C(=O)[C@H]1CCCNC1. The van der Waals surface area contributed by atoms with Crippen LogP contribution in [-0.2, 0) is 9.59 Å². The number of carbonyl (C=O) groups is 2. The molecule has 0 aliphatic carbocycles. The highest BCUT2D eigenvalue weighted by Crippen LogP contribution is 2.22. The summed E-state index contributed by atoms with van der Waals surface area (Å²) >= 11 is 0. The summed E-state index contributed by atoms with van der Waals surface area (Å²) < 4.78 is 0. The van der Waals surface area contributed by atoms with Crippen molar-refractivity contribution >= 4 is 11.7 Å². The number of piperidine rings is 1. The van der Waals surface area contributed by atoms with Gasteiger partial charge in [0.1, 0.15) is 0 Å². The minimum Gasteiger partial charge on any atom is -0.332 e. The number of ketones is 1. The minimum absolute atomic E-state index is 0.0914. The number of nitrogens with zero attached hydrogens (tertiary/aromatic N) is 1. The summed E-state index contributed by atoms with van der Waals surface area (Å²) in [6.07, 6.45) is 3.85. The maximum absolute atomic E-state index is 12.2. The fraction of sp³-hybridized carbons (Fsp3) is 0.833. The molecule has 4 nitrogen and oxygen atoms in total. The molecule has 2 aliphatic heterocycles. The Kier molecular flexibility index (Phi) is 3.59. The van der Waals surface area contributed by atoms with Gasteiger partial charge < -0.3 is 10.2 Å². The molecule has 0 spiro atoms. The third-order valence-electron chi connectivity index (χ3n) is 3.65. The molecule has 2 fully saturated rings. The van der Waals surface area contributed by atoms with Crippen molar-refractivity contribution in [3.63, 3.8) is 0 Å². The molecule has 0 aromatic rings. The lowest BCUT2D eigenvalue weighted by atomic mass is 9.97. The molecule has 2 rings (SSSR count). The molecule has 16 heavy (non-hydrogen) atoms. The predicted octanol–water partition coefficient (Wildman–Crippen LogP) is 0.566. The molecule has 0 aromatic carbocycles. The zero-order valence-corrected chi connectivity index (χ0v) is 9.87. The molecule has 1 amide bonds. The lowest BCUT2D eigenvalue weighted by Crippen LogP contribution is -2.46. The van der Waals surface area contributed by atoms with Gasteiger partial charge in [0, 0.05) is 13.1 Å². The molecule has 2 atom stereocenters. The van der Waals surface area contributed by atoms with E-state index in [1.165, 1.54) is 0 Å². The van der Waals surface area contributed by atoms with E-state index in [2.05, 4.69) is 5.32 Å². The van der Waals surface area contributed by atoms with Crippen molar-refractivity contribution < 1.29 is 9.59 Å². The van der Waals surface area contributed by atoms with Crippen molar-refractivity contribution in [2.45, 2.75) is 38.6 Å². The third kappa shape index (κ3) is 2.26. The number of rotatable bonds is 2. The number of hydrogen-bond acceptors (Lipinski definition) is 3. The Balaban J connectivity index is 1.99. The van der Waals surface area contributed by atoms with E-state index in [4.69, 9.17) is 0 Å². The summed E-state index contributed by atoms with van der Waals surface area (Å²) in [5.74, 6) is 0.410. The molecule has 2 saturated heterocycles. The Hall–Kier alpha value is -0.900. The van der Waals surface area contributed by atoms with Crippen LogP contribution >= 0.6 is 0 Å². The van der Waals surface area contributed by atoms with Crippen LogP contribution in [0.1, 0.15) is 32.6 Å². The van der Waals surface area contributed by atoms with Crippen LogP contribution in [0.5, 0.6) is 0 Å². The number of nitrogens with one attached hydrogen (secondary N) is 1. The van der Waals surface area contributed by atoms with Gasteiger partial charge in [0.05, 0.1) is 12.0 Å². The van der Waals surface area contributed by atoms with Gasteiger partial charge in [-0.2, -0.15) is 0 Å². The first kappa shape index (κ1) is 11.6. The molecular formula is C12H20N2O2. The molecule has 1 N–H and O–H groups in total. The highest BCUT2D eigenvalue weighted by molar-refractivity contribution is 5.89. The Morgan fingerprint density at radius 1 is 1.25 bits per heavy atom. The summed E-state index contributed by atoms with van der Waals surface area (Å²) in [5.41, 5.74) is 0. The Morgan fingerprint density at radius 2 is 2.06 bits per heavy atom. The maximum Gasteiger partial charge on any atom is 0.227 e. The van der Waals surface area contributed by atoms with E-state index >= 15 is 0 Å². The molecule has 0 saturated carbocycles. The second kappa shape index (κ2) is 4.95. The van der Waals surface area contributed by atoms with Crippen LogP contribution in [0.2, 0.25) is 0 Å². The van der Waals surface area contributed by atoms with Crippen molar-refractivity contribution in [3.8, 4) is 0 Å². The average molecular weight is 224 g/mol. The van der Waals surface area contributed by atoms with Crippen molar-refractivity contribution in [2.24, 2.45) is 5.92 Å². The molecule has 0 aromatic heterocycles. The largest absolute Gasteiger partial charge is 0.332 e. The van der Waals surface area contributed by atoms with Gasteiger partial charge in [0.25, 0.3) is 0 Å². The fourth-order valence-corrected chi connectivity index (χ4v) is 2.75. The van der Waals surface area contributed by atoms with Gasteiger partial charge in [-0.15, -0.1) is 0 Å². The van der Waals surface area contributed by atoms with E-state index in [0.717, 1.165) is 45.3 Å². The highest BCUT2D eigenvalue weighted by atomic mass is 16.2. The molecule has 0 unspecified atom stereocenters. The van der Waals surface area contributed by atoms with E-state index in [9.17, 15) is 9.59 Å². The summed E-state index contributed by atoms with van der Waals surface area (Å²) in [6.45, 7) is 4.15. The number of Topliss-reactive ketones (excluding diaryl/α,β-unsaturated/α-hetero) is 1. The first-order chi connectivity index (χ1) is 7.70. The quantitative estimate of drug-likeness (QED) is 0.746. The van der Waals surface area contributed by atoms with Crippen LogP contribution in [0.3, 0.4) is 0 Å². The van der Waals surface area contributed by atoms with Crippen molar-refractivity contribution in [2.75, 3.05) is 19.6 Å². The van der Waals surface area contributed by atoms with Gasteiger partial charge in [0.15, 0.2) is 5.78 Å². The Morgan fingerprint density at radius 3 is 2.69 bits per heavy atom. The molecule has 90 valence electrons. The number of hydrogen-bond donors (Lipinski definition) is 1. The van der Waals surface area contributed by atoms with E-state index in [1.54, 1.807) is 11.8 Å². The van der Waals surface area contributed by atoms with Crippen LogP contribution in [0.4, 0.5) is 0 Å². The van der Waals surface area contributed by atoms with Crippen LogP contribution in [-0.4, -0.2) is 42.3 Å². The van der Waals surface area contributed by atoms with Crippen LogP contribution < -0.4 is 5.32 Å². The standard InChI is InChI=1S/C12H20N2O2/c1-9(15)11-5-3-7-14(11)12(16)10-4-2-6-13-8-10/h10-11,13H,2-8H2,1H3/t10-,11+/m0/s1. The first-order valence-corrected chi connectivity index (χ1v) is 6.22. The summed E-state index contributed by atoms with van der Waals surface area (Å²) in [4.78, 5) is 25.5. The Labute approximate surface area is 96.4 Å². The minimum atomic E-state index is -0.144. The molecule has 4 heteroatoms. The predicted molar refractivity (Wildman–Crippen MR) is 61.0 cm³/mol. The number of carbonyl (C=O) groups excluding carboxylic acids is 2. The van der Waals surface area contributed by atoms with Gasteiger partial charge in [0.2, 0.25) is 5.91 Å². The molecule has 2 aliphatic rings. The summed E-state index contributed by atoms with van der Waals surface area (Å²) in [6, 6.07) is -0.144. The van der Waals surface area contributed by atoms with Crippen molar-refractivity contribution in [1.29, 1.82) is 0 Å². The second-order valence-corrected chi connectivity index (χ2v) is 4.84. The molecule has 0 radical (unpaired) electrons. The monoisotopic (exact) mass is 224 g/mol. The topological polar surface area (TPSA) is 49.4 Å². The lowest BCUT2D eigenvalue weighted by Gasteiger charge is -2.29. The third-order valence-corrected chi connectivity index (χ3v) is 3.65.